The van der Waals surface area contributed by atoms with Gasteiger partial charge >= 0.3 is 5.97 Å². The van der Waals surface area contributed by atoms with Gasteiger partial charge in [0.05, 0.1) is 48.5 Å². The number of carbonyl (C=O) groups excluding carboxylic acids is 7. The summed E-state index contributed by atoms with van der Waals surface area (Å²) < 4.78 is 17.3. The molecule has 2 aromatic carbocycles. The molecule has 0 radical (unpaired) electrons. The van der Waals surface area contributed by atoms with E-state index in [2.05, 4.69) is 0 Å². The summed E-state index contributed by atoms with van der Waals surface area (Å²) in [6.07, 6.45) is -7.60. The lowest BCUT2D eigenvalue weighted by atomic mass is 9.72. The number of aliphatic hydroxyl groups is 3. The highest BCUT2D eigenvalue weighted by Crippen LogP contribution is 2.52. The van der Waals surface area contributed by atoms with Crippen molar-refractivity contribution in [3.05, 3.63) is 51.6 Å². The third-order valence-electron chi connectivity index (χ3n) is 10.2. The zero-order chi connectivity index (χ0) is 38.5. The van der Waals surface area contributed by atoms with Crippen LogP contribution in [0.15, 0.2) is 18.2 Å². The average Bonchev–Trinajstić information content (AvgIpc) is 3.44. The molecule has 2 saturated heterocycles. The van der Waals surface area contributed by atoms with E-state index in [4.69, 9.17) is 19.0 Å². The summed E-state index contributed by atoms with van der Waals surface area (Å²) >= 11 is 0. The summed E-state index contributed by atoms with van der Waals surface area (Å²) in [6.45, 7) is 0.390. The molecule has 5 N–H and O–H groups in total. The number of nitrogens with zero attached hydrogens (tertiary/aromatic N) is 1. The maximum Gasteiger partial charge on any atom is 0.333 e. The summed E-state index contributed by atoms with van der Waals surface area (Å²) in [4.78, 5) is 93.8. The van der Waals surface area contributed by atoms with Crippen molar-refractivity contribution in [3.8, 4) is 17.2 Å². The van der Waals surface area contributed by atoms with Crippen molar-refractivity contribution >= 4 is 40.9 Å². The van der Waals surface area contributed by atoms with Gasteiger partial charge in [0.1, 0.15) is 35.2 Å². The van der Waals surface area contributed by atoms with Gasteiger partial charge in [0.25, 0.3) is 11.8 Å². The maximum atomic E-state index is 13.9. The smallest absolute Gasteiger partial charge is 0.333 e. The molecule has 17 heteroatoms. The van der Waals surface area contributed by atoms with Crippen LogP contribution in [0.1, 0.15) is 101 Å². The molecule has 2 fully saturated rings. The first-order valence-electron chi connectivity index (χ1n) is 16.9. The molecule has 6 rings (SSSR count). The number of aliphatic hydroxyl groups excluding tert-OH is 2. The second kappa shape index (κ2) is 14.4. The molecule has 0 bridgehead atoms. The molecule has 2 aromatic rings. The average molecular weight is 740 g/mol. The molecule has 1 unspecified atom stereocenters. The number of carbonyl (C=O) groups is 7. The van der Waals surface area contributed by atoms with E-state index in [1.807, 2.05) is 0 Å². The minimum absolute atomic E-state index is 0.0382. The maximum absolute atomic E-state index is 13.9. The molecule has 17 nitrogen and oxygen atoms in total. The van der Waals surface area contributed by atoms with Crippen molar-refractivity contribution in [2.75, 3.05) is 13.7 Å². The van der Waals surface area contributed by atoms with Crippen LogP contribution in [0, 0.1) is 5.92 Å². The first kappa shape index (κ1) is 37.7. The number of rotatable bonds is 11. The van der Waals surface area contributed by atoms with Crippen LogP contribution < -0.4 is 4.74 Å². The van der Waals surface area contributed by atoms with Gasteiger partial charge in [0.2, 0.25) is 5.78 Å². The van der Waals surface area contributed by atoms with Gasteiger partial charge in [-0.3, -0.25) is 28.8 Å². The van der Waals surface area contributed by atoms with Crippen LogP contribution in [0.5, 0.6) is 17.2 Å². The van der Waals surface area contributed by atoms with Gasteiger partial charge in [0.15, 0.2) is 17.9 Å². The quantitative estimate of drug-likeness (QED) is 0.133. The number of hydrogen-bond donors (Lipinski definition) is 5. The van der Waals surface area contributed by atoms with Crippen molar-refractivity contribution in [3.63, 3.8) is 0 Å². The molecule has 53 heavy (non-hydrogen) atoms. The zero-order valence-corrected chi connectivity index (χ0v) is 28.7. The predicted molar refractivity (Wildman–Crippen MR) is 173 cm³/mol. The lowest BCUT2D eigenvalue weighted by Crippen LogP contribution is -2.49. The predicted octanol–water partition coefficient (Wildman–Crippen LogP) is 0.637. The second-order valence-corrected chi connectivity index (χ2v) is 13.5. The van der Waals surface area contributed by atoms with Gasteiger partial charge in [-0.25, -0.2) is 4.79 Å². The molecule has 6 atom stereocenters. The Labute approximate surface area is 300 Å². The minimum atomic E-state index is -2.37. The van der Waals surface area contributed by atoms with Crippen LogP contribution in [0.3, 0.4) is 0 Å². The molecule has 2 amide bonds. The molecule has 0 saturated carbocycles. The number of benzene rings is 2. The Morgan fingerprint density at radius 2 is 1.66 bits per heavy atom. The number of fused-ring (bicyclic) bond motifs is 3. The van der Waals surface area contributed by atoms with E-state index in [-0.39, 0.29) is 60.1 Å². The SMILES string of the molecule is COc1cccc2c1C(=O)c1c(O)c3c(c(O)c1C2=O)C[C@@](O)(C(=O)CO)C[C@@H]3OC1C[C@H](CC(=O)CCC(=O)ON2C(=O)CCC2=O)[C@H](O)[C@H](C)O1. The van der Waals surface area contributed by atoms with Crippen LogP contribution in [-0.2, 0) is 44.7 Å². The fourth-order valence-corrected chi connectivity index (χ4v) is 7.46. The van der Waals surface area contributed by atoms with E-state index < -0.39 is 126 Å². The molecule has 0 aromatic heterocycles. The van der Waals surface area contributed by atoms with Gasteiger partial charge < -0.3 is 44.6 Å². The fourth-order valence-electron chi connectivity index (χ4n) is 7.46. The minimum Gasteiger partial charge on any atom is -0.507 e. The zero-order valence-electron chi connectivity index (χ0n) is 28.7. The summed E-state index contributed by atoms with van der Waals surface area (Å²) in [5, 5.41) is 55.7. The molecular formula is C36H37NO16. The first-order chi connectivity index (χ1) is 25.1. The van der Waals surface area contributed by atoms with E-state index in [0.717, 1.165) is 0 Å². The molecule has 4 aliphatic rings. The Hall–Kier alpha value is -5.07. The monoisotopic (exact) mass is 739 g/mol. The van der Waals surface area contributed by atoms with E-state index in [1.54, 1.807) is 0 Å². The van der Waals surface area contributed by atoms with E-state index in [9.17, 15) is 59.1 Å². The highest BCUT2D eigenvalue weighted by molar-refractivity contribution is 6.31. The lowest BCUT2D eigenvalue weighted by Gasteiger charge is -2.42. The molecular weight excluding hydrogens is 702 g/mol. The molecule has 282 valence electrons. The van der Waals surface area contributed by atoms with Crippen LogP contribution in [0.2, 0.25) is 0 Å². The number of ketones is 4. The van der Waals surface area contributed by atoms with Crippen molar-refractivity contribution in [2.24, 2.45) is 5.92 Å². The van der Waals surface area contributed by atoms with Gasteiger partial charge in [-0.05, 0) is 18.9 Å². The third kappa shape index (κ3) is 6.70. The van der Waals surface area contributed by atoms with Gasteiger partial charge in [0, 0.05) is 61.6 Å². The van der Waals surface area contributed by atoms with Gasteiger partial charge in [-0.1, -0.05) is 12.1 Å². The largest absolute Gasteiger partial charge is 0.507 e. The number of aromatic hydroxyl groups is 2. The van der Waals surface area contributed by atoms with Crippen molar-refractivity contribution < 1.29 is 78.1 Å². The van der Waals surface area contributed by atoms with Crippen molar-refractivity contribution in [2.45, 2.75) is 88.5 Å². The Morgan fingerprint density at radius 3 is 2.32 bits per heavy atom. The Bertz CT molecular complexity index is 1920. The van der Waals surface area contributed by atoms with E-state index in [0.29, 0.717) is 5.06 Å². The number of phenols is 2. The van der Waals surface area contributed by atoms with Crippen LogP contribution in [-0.4, -0.2) is 109 Å². The number of ether oxygens (including phenoxy) is 3. The second-order valence-electron chi connectivity index (χ2n) is 13.5. The Balaban J connectivity index is 1.26. The van der Waals surface area contributed by atoms with Crippen LogP contribution >= 0.6 is 0 Å². The van der Waals surface area contributed by atoms with Crippen molar-refractivity contribution in [1.82, 2.24) is 5.06 Å². The lowest BCUT2D eigenvalue weighted by molar-refractivity contribution is -0.257. The summed E-state index contributed by atoms with van der Waals surface area (Å²) in [6, 6.07) is 4.25. The number of imide groups is 1. The molecule has 2 aliphatic carbocycles. The van der Waals surface area contributed by atoms with Crippen molar-refractivity contribution in [1.29, 1.82) is 0 Å². The van der Waals surface area contributed by atoms with Crippen LogP contribution in [0.4, 0.5) is 0 Å². The standard InChI is InChI=1S/C36H37NO16/c1-15-31(44)16(10-17(39)6-9-25(43)53-37-23(41)7-8-24(37)42)11-26(51-15)52-21-13-36(49,22(40)14-38)12-19-28(21)35(48)30-29(33(19)46)32(45)18-4-3-5-20(50-2)27(18)34(30)47/h3-5,15-16,21,26,31,38,44,46,48-49H,6-14H2,1-2H3/t15-,16-,21-,26?,31+,36-/m0/s1. The van der Waals surface area contributed by atoms with E-state index in [1.165, 1.54) is 32.2 Å². The number of amides is 2. The number of methoxy groups -OCH3 is 1. The third-order valence-corrected chi connectivity index (χ3v) is 10.2. The topological polar surface area (TPSA) is 261 Å². The molecule has 2 heterocycles. The number of hydrogen-bond acceptors (Lipinski definition) is 16. The molecule has 2 aliphatic heterocycles. The highest BCUT2D eigenvalue weighted by Gasteiger charge is 2.50. The summed E-state index contributed by atoms with van der Waals surface area (Å²) in [7, 11) is 1.29. The Morgan fingerprint density at radius 1 is 0.981 bits per heavy atom. The molecule has 0 spiro atoms. The van der Waals surface area contributed by atoms with E-state index >= 15 is 0 Å². The highest BCUT2D eigenvalue weighted by atomic mass is 16.7. The first-order valence-corrected chi connectivity index (χ1v) is 16.9. The van der Waals surface area contributed by atoms with Gasteiger partial charge in [-0.15, -0.1) is 5.06 Å². The van der Waals surface area contributed by atoms with Gasteiger partial charge in [-0.2, -0.15) is 0 Å². The summed E-state index contributed by atoms with van der Waals surface area (Å²) in [5.41, 5.74) is -4.25. The number of phenolic OH excluding ortho intramolecular Hbond substituents is 2. The fraction of sp³-hybridized carbons (Fsp3) is 0.472. The number of hydroxylamine groups is 2. The van der Waals surface area contributed by atoms with Crippen LogP contribution in [0.25, 0.3) is 0 Å². The Kier molecular flexibility index (Phi) is 10.2. The number of Topliss-reactive ketones (excluding diaryl/α,β-unsaturated/α-hetero) is 2. The summed E-state index contributed by atoms with van der Waals surface area (Å²) in [5.74, 6) is -7.85. The normalized spacial score (nSPS) is 26.5.